The van der Waals surface area contributed by atoms with E-state index >= 15 is 0 Å². The molecule has 1 aliphatic carbocycles. The van der Waals surface area contributed by atoms with Gasteiger partial charge >= 0.3 is 5.97 Å². The van der Waals surface area contributed by atoms with Gasteiger partial charge in [0.05, 0.1) is 25.4 Å². The second kappa shape index (κ2) is 7.13. The Labute approximate surface area is 147 Å². The highest BCUT2D eigenvalue weighted by Gasteiger charge is 2.40. The molecule has 1 aromatic carbocycles. The zero-order valence-electron chi connectivity index (χ0n) is 14.9. The molecule has 0 unspecified atom stereocenters. The summed E-state index contributed by atoms with van der Waals surface area (Å²) >= 11 is 0. The van der Waals surface area contributed by atoms with Crippen LogP contribution in [0.4, 0.5) is 0 Å². The number of nitrogens with zero attached hydrogens (tertiary/aromatic N) is 1. The number of carbonyl (C=O) groups is 2. The van der Waals surface area contributed by atoms with Crippen molar-refractivity contribution in [3.8, 4) is 5.75 Å². The van der Waals surface area contributed by atoms with Crippen molar-refractivity contribution >= 4 is 18.0 Å². The lowest BCUT2D eigenvalue weighted by atomic mass is 10.0. The molecule has 1 heterocycles. The van der Waals surface area contributed by atoms with Crippen LogP contribution in [0.1, 0.15) is 38.2 Å². The van der Waals surface area contributed by atoms with Gasteiger partial charge in [-0.3, -0.25) is 4.79 Å². The third-order valence-electron chi connectivity index (χ3n) is 4.93. The summed E-state index contributed by atoms with van der Waals surface area (Å²) in [6.45, 7) is 1.83. The van der Waals surface area contributed by atoms with Crippen LogP contribution in [0.2, 0.25) is 0 Å². The molecule has 0 spiro atoms. The predicted octanol–water partition coefficient (Wildman–Crippen LogP) is 3.31. The largest absolute Gasteiger partial charge is 0.497 e. The zero-order chi connectivity index (χ0) is 18.0. The van der Waals surface area contributed by atoms with E-state index in [-0.39, 0.29) is 11.9 Å². The lowest BCUT2D eigenvalue weighted by Gasteiger charge is -2.25. The number of rotatable bonds is 4. The van der Waals surface area contributed by atoms with Crippen molar-refractivity contribution in [1.82, 2.24) is 4.90 Å². The Morgan fingerprint density at radius 1 is 1.24 bits per heavy atom. The molecule has 0 radical (unpaired) electrons. The molecule has 1 amide bonds. The second-order valence-electron chi connectivity index (χ2n) is 6.40. The molecule has 1 aliphatic heterocycles. The highest BCUT2D eigenvalue weighted by Crippen LogP contribution is 2.37. The normalized spacial score (nSPS) is 19.9. The Hall–Kier alpha value is -2.56. The fourth-order valence-electron chi connectivity index (χ4n) is 3.70. The Kier molecular flexibility index (Phi) is 4.93. The first-order valence-electron chi connectivity index (χ1n) is 8.55. The Bertz CT molecular complexity index is 757. The van der Waals surface area contributed by atoms with Gasteiger partial charge in [-0.25, -0.2) is 4.79 Å². The fourth-order valence-corrected chi connectivity index (χ4v) is 3.70. The third kappa shape index (κ3) is 3.18. The lowest BCUT2D eigenvalue weighted by molar-refractivity contribution is -0.136. The van der Waals surface area contributed by atoms with Gasteiger partial charge in [0.2, 0.25) is 0 Å². The number of amides is 1. The molecule has 0 saturated heterocycles. The van der Waals surface area contributed by atoms with E-state index in [1.807, 2.05) is 31.2 Å². The minimum absolute atomic E-state index is 0.118. The molecule has 5 nitrogen and oxygen atoms in total. The van der Waals surface area contributed by atoms with Crippen LogP contribution in [0.15, 0.2) is 41.1 Å². The van der Waals surface area contributed by atoms with Gasteiger partial charge in [-0.1, -0.05) is 25.0 Å². The van der Waals surface area contributed by atoms with Crippen molar-refractivity contribution < 1.29 is 19.1 Å². The third-order valence-corrected chi connectivity index (χ3v) is 4.93. The van der Waals surface area contributed by atoms with Crippen molar-refractivity contribution in [3.05, 3.63) is 46.7 Å². The molecule has 0 N–H and O–H groups in total. The van der Waals surface area contributed by atoms with E-state index in [2.05, 4.69) is 0 Å². The van der Waals surface area contributed by atoms with E-state index < -0.39 is 5.97 Å². The highest BCUT2D eigenvalue weighted by atomic mass is 16.5. The maximum absolute atomic E-state index is 13.1. The minimum Gasteiger partial charge on any atom is -0.497 e. The monoisotopic (exact) mass is 341 g/mol. The molecule has 1 saturated carbocycles. The molecule has 5 heteroatoms. The van der Waals surface area contributed by atoms with Crippen LogP contribution in [0.25, 0.3) is 6.08 Å². The first-order valence-corrected chi connectivity index (χ1v) is 8.55. The summed E-state index contributed by atoms with van der Waals surface area (Å²) in [5.74, 6) is 0.112. The number of carbonyl (C=O) groups excluding carboxylic acids is 2. The summed E-state index contributed by atoms with van der Waals surface area (Å²) in [5.41, 5.74) is 2.26. The number of hydrogen-bond acceptors (Lipinski definition) is 4. The first kappa shape index (κ1) is 17.3. The Balaban J connectivity index is 2.05. The van der Waals surface area contributed by atoms with Crippen molar-refractivity contribution in [1.29, 1.82) is 0 Å². The van der Waals surface area contributed by atoms with Gasteiger partial charge in [-0.2, -0.15) is 0 Å². The quantitative estimate of drug-likeness (QED) is 0.623. The molecule has 3 rings (SSSR count). The molecule has 2 aliphatic rings. The molecule has 25 heavy (non-hydrogen) atoms. The van der Waals surface area contributed by atoms with Gasteiger partial charge in [0.15, 0.2) is 0 Å². The van der Waals surface area contributed by atoms with Gasteiger partial charge in [0, 0.05) is 11.7 Å². The average Bonchev–Trinajstić information content (AvgIpc) is 3.22. The first-order chi connectivity index (χ1) is 12.1. The van der Waals surface area contributed by atoms with E-state index in [4.69, 9.17) is 9.47 Å². The molecule has 0 bridgehead atoms. The number of ether oxygens (including phenoxy) is 2. The summed E-state index contributed by atoms with van der Waals surface area (Å²) in [6.07, 6.45) is 5.93. The zero-order valence-corrected chi connectivity index (χ0v) is 14.9. The summed E-state index contributed by atoms with van der Waals surface area (Å²) in [5, 5.41) is 0. The second-order valence-corrected chi connectivity index (χ2v) is 6.40. The van der Waals surface area contributed by atoms with Gasteiger partial charge in [0.1, 0.15) is 5.75 Å². The van der Waals surface area contributed by atoms with Crippen LogP contribution in [0.3, 0.4) is 0 Å². The molecular formula is C20H23NO4. The van der Waals surface area contributed by atoms with Crippen molar-refractivity contribution in [2.24, 2.45) is 0 Å². The standard InChI is InChI=1S/C20H23NO4/c1-13-18(20(23)25-3)17(12-14-7-6-10-16(11-14)24-2)19(22)21(13)15-8-4-5-9-15/h6-7,10-12,15H,4-5,8-9H2,1-3H3/b17-12-. The van der Waals surface area contributed by atoms with Crippen molar-refractivity contribution in [2.75, 3.05) is 14.2 Å². The highest BCUT2D eigenvalue weighted by molar-refractivity contribution is 6.16. The Morgan fingerprint density at radius 3 is 2.60 bits per heavy atom. The predicted molar refractivity (Wildman–Crippen MR) is 94.8 cm³/mol. The number of benzene rings is 1. The number of esters is 1. The summed E-state index contributed by atoms with van der Waals surface area (Å²) in [7, 11) is 2.94. The topological polar surface area (TPSA) is 55.8 Å². The van der Waals surface area contributed by atoms with Crippen molar-refractivity contribution in [2.45, 2.75) is 38.6 Å². The molecule has 0 atom stereocenters. The summed E-state index contributed by atoms with van der Waals surface area (Å²) in [6, 6.07) is 7.58. The van der Waals surface area contributed by atoms with Crippen LogP contribution >= 0.6 is 0 Å². The van der Waals surface area contributed by atoms with Crippen LogP contribution in [0.5, 0.6) is 5.75 Å². The molecule has 0 aromatic heterocycles. The number of allylic oxidation sites excluding steroid dienone is 1. The molecule has 1 aromatic rings. The molecule has 1 fully saturated rings. The van der Waals surface area contributed by atoms with Gasteiger partial charge in [0.25, 0.3) is 5.91 Å². The van der Waals surface area contributed by atoms with E-state index in [1.54, 1.807) is 18.1 Å². The minimum atomic E-state index is -0.472. The number of hydrogen-bond donors (Lipinski definition) is 0. The van der Waals surface area contributed by atoms with E-state index in [1.165, 1.54) is 7.11 Å². The number of methoxy groups -OCH3 is 2. The maximum atomic E-state index is 13.1. The van der Waals surface area contributed by atoms with Gasteiger partial charge < -0.3 is 14.4 Å². The van der Waals surface area contributed by atoms with Gasteiger partial charge in [-0.05, 0) is 43.5 Å². The van der Waals surface area contributed by atoms with Crippen LogP contribution in [-0.2, 0) is 14.3 Å². The average molecular weight is 341 g/mol. The summed E-state index contributed by atoms with van der Waals surface area (Å²) < 4.78 is 10.2. The van der Waals surface area contributed by atoms with Crippen LogP contribution in [-0.4, -0.2) is 37.0 Å². The van der Waals surface area contributed by atoms with E-state index in [9.17, 15) is 9.59 Å². The lowest BCUT2D eigenvalue weighted by Crippen LogP contribution is -2.34. The van der Waals surface area contributed by atoms with Crippen LogP contribution < -0.4 is 4.74 Å². The fraction of sp³-hybridized carbons (Fsp3) is 0.400. The van der Waals surface area contributed by atoms with Crippen molar-refractivity contribution in [3.63, 3.8) is 0 Å². The smallest absolute Gasteiger partial charge is 0.340 e. The van der Waals surface area contributed by atoms with Crippen LogP contribution in [0, 0.1) is 0 Å². The van der Waals surface area contributed by atoms with E-state index in [0.717, 1.165) is 31.2 Å². The van der Waals surface area contributed by atoms with Gasteiger partial charge in [-0.15, -0.1) is 0 Å². The summed E-state index contributed by atoms with van der Waals surface area (Å²) in [4.78, 5) is 27.2. The van der Waals surface area contributed by atoms with E-state index in [0.29, 0.717) is 22.6 Å². The molecular weight excluding hydrogens is 318 g/mol. The Morgan fingerprint density at radius 2 is 1.96 bits per heavy atom. The molecule has 132 valence electrons. The maximum Gasteiger partial charge on any atom is 0.340 e. The SMILES string of the molecule is COC(=O)C1=C(C)N(C2CCCC2)C(=O)/C1=C\c1cccc(OC)c1.